The molecule has 0 aliphatic rings. The van der Waals surface area contributed by atoms with Gasteiger partial charge in [0.05, 0.1) is 6.26 Å². The summed E-state index contributed by atoms with van der Waals surface area (Å²) in [7, 11) is 0. The second kappa shape index (κ2) is 5.15. The van der Waals surface area contributed by atoms with Gasteiger partial charge >= 0.3 is 6.36 Å². The van der Waals surface area contributed by atoms with Gasteiger partial charge in [-0.2, -0.15) is 8.78 Å². The van der Waals surface area contributed by atoms with Crippen LogP contribution in [0.5, 0.6) is 11.5 Å². The van der Waals surface area contributed by atoms with E-state index in [0.29, 0.717) is 0 Å². The summed E-state index contributed by atoms with van der Waals surface area (Å²) >= 11 is 0. The topological polar surface area (TPSA) is 31.6 Å². The van der Waals surface area contributed by atoms with Gasteiger partial charge in [-0.1, -0.05) is 6.58 Å². The Kier molecular flexibility index (Phi) is 3.39. The second-order valence-electron chi connectivity index (χ2n) is 4.44. The van der Waals surface area contributed by atoms with Gasteiger partial charge in [-0.05, 0) is 24.3 Å². The van der Waals surface area contributed by atoms with Crippen molar-refractivity contribution < 1.29 is 35.8 Å². The number of hydrogen-bond donors (Lipinski definition) is 0. The average molecular weight is 330 g/mol. The van der Waals surface area contributed by atoms with E-state index in [1.165, 1.54) is 12.1 Å². The summed E-state index contributed by atoms with van der Waals surface area (Å²) in [6.45, 7) is 3.28. The Morgan fingerprint density at radius 3 is 1.96 bits per heavy atom. The molecule has 23 heavy (non-hydrogen) atoms. The summed E-state index contributed by atoms with van der Waals surface area (Å²) in [6.07, 6.45) is -4.07. The van der Waals surface area contributed by atoms with Crippen LogP contribution in [0.3, 0.4) is 0 Å². The van der Waals surface area contributed by atoms with E-state index in [-0.39, 0.29) is 22.1 Å². The molecule has 0 radical (unpaired) electrons. The fourth-order valence-electron chi connectivity index (χ4n) is 2.19. The van der Waals surface area contributed by atoms with E-state index in [4.69, 9.17) is 9.15 Å². The van der Waals surface area contributed by atoms with Crippen LogP contribution in [0, 0.1) is 11.6 Å². The lowest BCUT2D eigenvalue weighted by Crippen LogP contribution is -2.17. The lowest BCUT2D eigenvalue weighted by atomic mass is 10.1. The first-order valence-corrected chi connectivity index (χ1v) is 6.18. The highest BCUT2D eigenvalue weighted by atomic mass is 19.4. The van der Waals surface area contributed by atoms with Crippen LogP contribution in [0.15, 0.2) is 41.5 Å². The quantitative estimate of drug-likeness (QED) is 0.483. The zero-order valence-electron chi connectivity index (χ0n) is 11.2. The highest BCUT2D eigenvalue weighted by Crippen LogP contribution is 2.38. The van der Waals surface area contributed by atoms with E-state index in [1.54, 1.807) is 0 Å². The summed E-state index contributed by atoms with van der Waals surface area (Å²) in [5.74, 6) is -3.57. The summed E-state index contributed by atoms with van der Waals surface area (Å²) in [4.78, 5) is 0. The molecular formula is C15H7F5O3. The van der Waals surface area contributed by atoms with E-state index in [2.05, 4.69) is 11.3 Å². The summed E-state index contributed by atoms with van der Waals surface area (Å²) in [5.41, 5.74) is -0.890. The van der Waals surface area contributed by atoms with Crippen LogP contribution in [0.25, 0.3) is 21.9 Å². The number of ether oxygens (including phenoxy) is 2. The molecule has 0 bridgehead atoms. The minimum Gasteiger partial charge on any atom is -0.462 e. The minimum atomic E-state index is -5.06. The number of halogens is 5. The molecule has 0 spiro atoms. The minimum absolute atomic E-state index is 0.107. The molecule has 0 unspecified atom stereocenters. The molecule has 0 N–H and O–H groups in total. The van der Waals surface area contributed by atoms with Crippen LogP contribution < -0.4 is 9.47 Å². The zero-order valence-corrected chi connectivity index (χ0v) is 11.2. The molecule has 0 fully saturated rings. The number of benzene rings is 2. The van der Waals surface area contributed by atoms with Crippen molar-refractivity contribution in [2.75, 3.05) is 0 Å². The number of alkyl halides is 3. The third kappa shape index (κ3) is 2.56. The fourth-order valence-corrected chi connectivity index (χ4v) is 2.19. The van der Waals surface area contributed by atoms with Gasteiger partial charge in [0.2, 0.25) is 11.6 Å². The van der Waals surface area contributed by atoms with Crippen molar-refractivity contribution in [3.05, 3.63) is 48.7 Å². The number of furan rings is 1. The molecule has 0 aliphatic heterocycles. The third-order valence-corrected chi connectivity index (χ3v) is 3.05. The molecule has 0 aliphatic carbocycles. The zero-order chi connectivity index (χ0) is 16.8. The fraction of sp³-hybridized carbons (Fsp3) is 0.0667. The highest BCUT2D eigenvalue weighted by molar-refractivity contribution is 6.06. The molecule has 0 saturated heterocycles. The Balaban J connectivity index is 2.24. The van der Waals surface area contributed by atoms with Crippen molar-refractivity contribution in [1.82, 2.24) is 0 Å². The maximum absolute atomic E-state index is 14.2. The van der Waals surface area contributed by atoms with Crippen LogP contribution in [0.2, 0.25) is 0 Å². The van der Waals surface area contributed by atoms with E-state index < -0.39 is 29.3 Å². The van der Waals surface area contributed by atoms with Crippen molar-refractivity contribution >= 4 is 21.9 Å². The predicted octanol–water partition coefficient (Wildman–Crippen LogP) is 5.29. The molecule has 0 saturated carbocycles. The first-order valence-electron chi connectivity index (χ1n) is 6.18. The Morgan fingerprint density at radius 1 is 0.913 bits per heavy atom. The third-order valence-electron chi connectivity index (χ3n) is 3.05. The molecule has 3 rings (SSSR count). The standard InChI is InChI=1S/C15H7F5O3/c1-2-21-9-5-3-7-8-4-6-10(23-15(18,19)20)12(17)14(8)22-13(7)11(9)16/h2-6H,1H2. The Morgan fingerprint density at radius 2 is 1.43 bits per heavy atom. The van der Waals surface area contributed by atoms with Crippen LogP contribution in [-0.2, 0) is 0 Å². The second-order valence-corrected chi connectivity index (χ2v) is 4.44. The Bertz CT molecular complexity index is 911. The summed E-state index contributed by atoms with van der Waals surface area (Å²) in [5, 5.41) is 0.294. The highest BCUT2D eigenvalue weighted by Gasteiger charge is 2.33. The van der Waals surface area contributed by atoms with Crippen LogP contribution in [0.1, 0.15) is 0 Å². The number of hydrogen-bond acceptors (Lipinski definition) is 3. The molecule has 0 atom stereocenters. The first-order chi connectivity index (χ1) is 10.8. The summed E-state index contributed by atoms with van der Waals surface area (Å²) in [6, 6.07) is 4.62. The first kappa shape index (κ1) is 15.1. The number of rotatable bonds is 3. The smallest absolute Gasteiger partial charge is 0.462 e. The lowest BCUT2D eigenvalue weighted by molar-refractivity contribution is -0.275. The Hall–Kier alpha value is -2.77. The van der Waals surface area contributed by atoms with E-state index in [0.717, 1.165) is 18.4 Å². The lowest BCUT2D eigenvalue weighted by Gasteiger charge is -2.09. The molecule has 2 aromatic carbocycles. The average Bonchev–Trinajstić information content (AvgIpc) is 2.84. The van der Waals surface area contributed by atoms with Gasteiger partial charge < -0.3 is 13.9 Å². The van der Waals surface area contributed by atoms with Crippen molar-refractivity contribution in [2.24, 2.45) is 0 Å². The van der Waals surface area contributed by atoms with Crippen LogP contribution in [-0.4, -0.2) is 6.36 Å². The molecule has 0 amide bonds. The van der Waals surface area contributed by atoms with Gasteiger partial charge in [0.15, 0.2) is 22.7 Å². The molecular weight excluding hydrogens is 323 g/mol. The van der Waals surface area contributed by atoms with E-state index in [9.17, 15) is 22.0 Å². The molecule has 120 valence electrons. The maximum Gasteiger partial charge on any atom is 0.573 e. The largest absolute Gasteiger partial charge is 0.573 e. The summed E-state index contributed by atoms with van der Waals surface area (Å²) < 4.78 is 78.4. The van der Waals surface area contributed by atoms with Crippen molar-refractivity contribution in [3.63, 3.8) is 0 Å². The van der Waals surface area contributed by atoms with E-state index in [1.807, 2.05) is 0 Å². The monoisotopic (exact) mass is 330 g/mol. The van der Waals surface area contributed by atoms with E-state index >= 15 is 0 Å². The van der Waals surface area contributed by atoms with Gasteiger partial charge in [-0.25, -0.2) is 0 Å². The predicted molar refractivity (Wildman–Crippen MR) is 71.1 cm³/mol. The molecule has 3 nitrogen and oxygen atoms in total. The maximum atomic E-state index is 14.2. The van der Waals surface area contributed by atoms with Crippen LogP contribution >= 0.6 is 0 Å². The molecule has 1 aromatic heterocycles. The van der Waals surface area contributed by atoms with Gasteiger partial charge in [-0.3, -0.25) is 0 Å². The normalized spacial score (nSPS) is 11.9. The number of fused-ring (bicyclic) bond motifs is 3. The van der Waals surface area contributed by atoms with Crippen molar-refractivity contribution in [3.8, 4) is 11.5 Å². The van der Waals surface area contributed by atoms with Gasteiger partial charge in [0.25, 0.3) is 0 Å². The Labute approximate surface area is 125 Å². The van der Waals surface area contributed by atoms with Gasteiger partial charge in [0, 0.05) is 10.8 Å². The van der Waals surface area contributed by atoms with Gasteiger partial charge in [0.1, 0.15) is 0 Å². The van der Waals surface area contributed by atoms with Gasteiger partial charge in [-0.15, -0.1) is 13.2 Å². The molecule has 1 heterocycles. The van der Waals surface area contributed by atoms with Crippen molar-refractivity contribution in [2.45, 2.75) is 6.36 Å². The van der Waals surface area contributed by atoms with Crippen LogP contribution in [0.4, 0.5) is 22.0 Å². The van der Waals surface area contributed by atoms with Crippen molar-refractivity contribution in [1.29, 1.82) is 0 Å². The molecule has 8 heteroatoms. The SMILES string of the molecule is C=COc1ccc2c(oc3c(F)c(OC(F)(F)F)ccc32)c1F. The molecule has 3 aromatic rings.